The molecule has 0 amide bonds. The van der Waals surface area contributed by atoms with Crippen LogP contribution >= 0.6 is 50.1 Å². The van der Waals surface area contributed by atoms with E-state index < -0.39 is 8.80 Å². The first-order chi connectivity index (χ1) is 10.9. The number of rotatable bonds is 9. The highest BCUT2D eigenvalue weighted by Gasteiger charge is 2.58. The van der Waals surface area contributed by atoms with E-state index in [0.29, 0.717) is 37.6 Å². The fourth-order valence-corrected chi connectivity index (χ4v) is 8.87. The monoisotopic (exact) mass is 412 g/mol. The molecule has 0 radical (unpaired) electrons. The van der Waals surface area contributed by atoms with Gasteiger partial charge in [0.15, 0.2) is 0 Å². The third-order valence-corrected chi connectivity index (χ3v) is 10.7. The lowest BCUT2D eigenvalue weighted by molar-refractivity contribution is 0.0622. The average Bonchev–Trinajstić information content (AvgIpc) is 2.88. The fourth-order valence-electron chi connectivity index (χ4n) is 3.87. The second-order valence-electron chi connectivity index (χ2n) is 6.13. The molecule has 0 aromatic carbocycles. The summed E-state index contributed by atoms with van der Waals surface area (Å²) >= 11 is 19.9. The molecule has 2 fully saturated rings. The predicted molar refractivity (Wildman–Crippen MR) is 111 cm³/mol. The van der Waals surface area contributed by atoms with Gasteiger partial charge in [0.25, 0.3) is 0 Å². The van der Waals surface area contributed by atoms with Crippen LogP contribution < -0.4 is 0 Å². The number of fused-ring (bicyclic) bond motifs is 2. The zero-order chi connectivity index (χ0) is 17.2. The van der Waals surface area contributed by atoms with E-state index in [0.717, 1.165) is 17.3 Å². The molecule has 2 aliphatic carbocycles. The van der Waals surface area contributed by atoms with Crippen molar-refractivity contribution in [2.45, 2.75) is 49.0 Å². The van der Waals surface area contributed by atoms with Crippen LogP contribution in [-0.4, -0.2) is 49.2 Å². The van der Waals surface area contributed by atoms with Crippen molar-refractivity contribution >= 4 is 63.8 Å². The normalized spacial score (nSPS) is 36.9. The highest BCUT2D eigenvalue weighted by Crippen LogP contribution is 2.54. The van der Waals surface area contributed by atoms with E-state index in [1.54, 1.807) is 0 Å². The molecule has 2 bridgehead atoms. The maximum atomic E-state index is 6.15. The van der Waals surface area contributed by atoms with Crippen LogP contribution in [0.2, 0.25) is 6.04 Å². The molecule has 0 N–H and O–H groups in total. The molecule has 0 spiro atoms. The van der Waals surface area contributed by atoms with E-state index in [1.165, 1.54) is 0 Å². The van der Waals surface area contributed by atoms with Crippen LogP contribution in [0.3, 0.4) is 0 Å². The fraction of sp³-hybridized carbons (Fsp3) is 0.933. The summed E-state index contributed by atoms with van der Waals surface area (Å²) in [6.07, 6.45) is 0.919. The summed E-state index contributed by atoms with van der Waals surface area (Å²) in [5.74, 6) is 1.03. The van der Waals surface area contributed by atoms with Gasteiger partial charge in [0, 0.05) is 58.3 Å². The van der Waals surface area contributed by atoms with Gasteiger partial charge in [-0.15, -0.1) is 0 Å². The van der Waals surface area contributed by atoms with Crippen molar-refractivity contribution < 1.29 is 13.3 Å². The Morgan fingerprint density at radius 3 is 1.96 bits per heavy atom. The van der Waals surface area contributed by atoms with Gasteiger partial charge in [-0.05, 0) is 26.2 Å². The highest BCUT2D eigenvalue weighted by atomic mass is 32.1. The lowest BCUT2D eigenvalue weighted by Crippen LogP contribution is -2.46. The molecule has 6 unspecified atom stereocenters. The molecule has 0 aliphatic heterocycles. The Hall–Kier alpha value is 1.24. The largest absolute Gasteiger partial charge is 0.500 e. The van der Waals surface area contributed by atoms with Gasteiger partial charge in [-0.25, -0.2) is 0 Å². The van der Waals surface area contributed by atoms with Gasteiger partial charge in [0.1, 0.15) is 0 Å². The van der Waals surface area contributed by atoms with Gasteiger partial charge in [0.05, 0.1) is 0 Å². The predicted octanol–water partition coefficient (Wildman–Crippen LogP) is 3.57. The van der Waals surface area contributed by atoms with E-state index >= 15 is 0 Å². The van der Waals surface area contributed by atoms with Crippen LogP contribution in [0, 0.1) is 17.8 Å². The van der Waals surface area contributed by atoms with Crippen LogP contribution in [-0.2, 0) is 13.3 Å². The summed E-state index contributed by atoms with van der Waals surface area (Å²) in [6.45, 7) is 7.90. The molecule has 0 saturated heterocycles. The zero-order valence-electron chi connectivity index (χ0n) is 14.0. The molecular weight excluding hydrogens is 385 g/mol. The molecule has 2 aliphatic rings. The van der Waals surface area contributed by atoms with Crippen LogP contribution in [0.5, 0.6) is 0 Å². The van der Waals surface area contributed by atoms with E-state index in [4.69, 9.17) is 50.8 Å². The third kappa shape index (κ3) is 3.99. The van der Waals surface area contributed by atoms with Crippen molar-refractivity contribution in [2.24, 2.45) is 17.8 Å². The number of hydrogen-bond acceptors (Lipinski definition) is 7. The average molecular weight is 413 g/mol. The third-order valence-electron chi connectivity index (χ3n) is 4.95. The Balaban J connectivity index is 1.94. The summed E-state index contributed by atoms with van der Waals surface area (Å²) in [4.78, 5) is 1.11. The number of hydrogen-bond donors (Lipinski definition) is 3. The second kappa shape index (κ2) is 8.75. The first kappa shape index (κ1) is 20.5. The summed E-state index contributed by atoms with van der Waals surface area (Å²) < 4.78 is 17.9. The van der Waals surface area contributed by atoms with E-state index in [-0.39, 0.29) is 15.7 Å². The molecule has 2 rings (SSSR count). The minimum Gasteiger partial charge on any atom is -0.374 e. The molecule has 0 aromatic rings. The van der Waals surface area contributed by atoms with Crippen LogP contribution in [0.25, 0.3) is 0 Å². The molecule has 8 heteroatoms. The van der Waals surface area contributed by atoms with Gasteiger partial charge in [-0.1, -0.05) is 19.1 Å². The highest BCUT2D eigenvalue weighted by molar-refractivity contribution is 7.86. The Labute approximate surface area is 163 Å². The molecule has 3 nitrogen and oxygen atoms in total. The van der Waals surface area contributed by atoms with Crippen LogP contribution in [0.15, 0.2) is 0 Å². The van der Waals surface area contributed by atoms with E-state index in [2.05, 4.69) is 19.6 Å². The smallest absolute Gasteiger partial charge is 0.374 e. The number of thiol groups is 3. The maximum absolute atomic E-state index is 6.15. The molecular formula is C15H28O3S4Si. The van der Waals surface area contributed by atoms with E-state index in [9.17, 15) is 0 Å². The quantitative estimate of drug-likeness (QED) is 0.307. The van der Waals surface area contributed by atoms with Gasteiger partial charge in [0.2, 0.25) is 0 Å². The summed E-state index contributed by atoms with van der Waals surface area (Å²) in [5.41, 5.74) is 0. The minimum absolute atomic E-state index is 0.228. The van der Waals surface area contributed by atoms with Crippen molar-refractivity contribution in [3.63, 3.8) is 0 Å². The van der Waals surface area contributed by atoms with Crippen molar-refractivity contribution in [2.75, 3.05) is 19.8 Å². The first-order valence-corrected chi connectivity index (χ1v) is 12.3. The minimum atomic E-state index is -2.52. The van der Waals surface area contributed by atoms with Crippen molar-refractivity contribution in [3.05, 3.63) is 0 Å². The van der Waals surface area contributed by atoms with Gasteiger partial charge in [-0.3, -0.25) is 0 Å². The second-order valence-corrected chi connectivity index (χ2v) is 11.3. The maximum Gasteiger partial charge on any atom is 0.500 e. The zero-order valence-corrected chi connectivity index (χ0v) is 18.5. The van der Waals surface area contributed by atoms with Crippen molar-refractivity contribution in [3.8, 4) is 0 Å². The Bertz CT molecular complexity index is 420. The molecule has 2 saturated carbocycles. The van der Waals surface area contributed by atoms with Crippen molar-refractivity contribution in [1.29, 1.82) is 0 Å². The molecule has 23 heavy (non-hydrogen) atoms. The first-order valence-electron chi connectivity index (χ1n) is 8.42. The topological polar surface area (TPSA) is 27.7 Å². The Morgan fingerprint density at radius 1 is 0.913 bits per heavy atom. The Kier molecular flexibility index (Phi) is 7.82. The van der Waals surface area contributed by atoms with Crippen molar-refractivity contribution in [1.82, 2.24) is 0 Å². The van der Waals surface area contributed by atoms with Gasteiger partial charge in [-0.2, -0.15) is 37.9 Å². The SMILES string of the molecule is CCO[Si](CC)(OCC)OCCC1C(S)C2C(=S)C1C(S)C2S. The standard InChI is InChI=1S/C15H28O3S4Si/c1-4-16-23(6-3,17-5-2)18-8-7-9-10-13(20)11(12(9)19)15(22)14(10)21/h9-12,14-15,19,21-22H,4-8H2,1-3H3. The molecule has 134 valence electrons. The Morgan fingerprint density at radius 2 is 1.48 bits per heavy atom. The molecule has 6 atom stereocenters. The lowest BCUT2D eigenvalue weighted by Gasteiger charge is -2.35. The lowest BCUT2D eigenvalue weighted by atomic mass is 9.85. The summed E-state index contributed by atoms with van der Waals surface area (Å²) in [6, 6.07) is 0.794. The van der Waals surface area contributed by atoms with Crippen LogP contribution in [0.4, 0.5) is 0 Å². The van der Waals surface area contributed by atoms with Crippen LogP contribution in [0.1, 0.15) is 27.2 Å². The van der Waals surface area contributed by atoms with E-state index in [1.807, 2.05) is 13.8 Å². The number of thiocarbonyl (C=S) groups is 1. The summed E-state index contributed by atoms with van der Waals surface area (Å²) in [5, 5.41) is 0.724. The van der Waals surface area contributed by atoms with Gasteiger partial charge >= 0.3 is 8.80 Å². The van der Waals surface area contributed by atoms with Gasteiger partial charge < -0.3 is 13.3 Å². The molecule has 0 aromatic heterocycles. The molecule has 0 heterocycles. The summed E-state index contributed by atoms with van der Waals surface area (Å²) in [7, 11) is -2.52.